The molecule has 0 spiro atoms. The maximum absolute atomic E-state index is 6.24. The van der Waals surface area contributed by atoms with Crippen molar-refractivity contribution in [2.24, 2.45) is 0 Å². The van der Waals surface area contributed by atoms with Gasteiger partial charge in [-0.1, -0.05) is 37.3 Å². The second-order valence-electron chi connectivity index (χ2n) is 8.03. The Hall–Kier alpha value is -1.78. The Balaban J connectivity index is 1.85. The van der Waals surface area contributed by atoms with Gasteiger partial charge in [0.1, 0.15) is 0 Å². The van der Waals surface area contributed by atoms with Gasteiger partial charge in [-0.05, 0) is 51.7 Å². The standard InChI is InChI=1S/C21H26BNO2/c1-6-13-23-18-10-8-7-9-16(18)17-14-15(11-12-19(17)23)22-24-20(2,3)21(4,5)25-22/h7-12,14H,6,13H2,1-5H3. The molecule has 4 heteroatoms. The molecule has 1 aromatic heterocycles. The van der Waals surface area contributed by atoms with Crippen molar-refractivity contribution >= 4 is 34.4 Å². The minimum atomic E-state index is -0.317. The number of hydrogen-bond acceptors (Lipinski definition) is 2. The van der Waals surface area contributed by atoms with Gasteiger partial charge in [-0.25, -0.2) is 0 Å². The summed E-state index contributed by atoms with van der Waals surface area (Å²) in [4.78, 5) is 0. The molecular weight excluding hydrogens is 309 g/mol. The maximum atomic E-state index is 6.24. The smallest absolute Gasteiger partial charge is 0.399 e. The van der Waals surface area contributed by atoms with Crippen LogP contribution in [0.25, 0.3) is 21.8 Å². The Morgan fingerprint density at radius 3 is 2.20 bits per heavy atom. The van der Waals surface area contributed by atoms with Gasteiger partial charge in [-0.15, -0.1) is 0 Å². The number of hydrogen-bond donors (Lipinski definition) is 0. The van der Waals surface area contributed by atoms with Crippen molar-refractivity contribution in [2.45, 2.75) is 58.8 Å². The molecule has 3 aromatic rings. The second kappa shape index (κ2) is 5.62. The molecule has 0 aliphatic carbocycles. The van der Waals surface area contributed by atoms with Gasteiger partial charge in [0.05, 0.1) is 11.2 Å². The number of aryl methyl sites for hydroxylation is 1. The molecule has 1 aliphatic heterocycles. The minimum Gasteiger partial charge on any atom is -0.399 e. The predicted octanol–water partition coefficient (Wildman–Crippen LogP) is 4.50. The molecule has 130 valence electrons. The monoisotopic (exact) mass is 335 g/mol. The maximum Gasteiger partial charge on any atom is 0.494 e. The summed E-state index contributed by atoms with van der Waals surface area (Å²) >= 11 is 0. The fourth-order valence-electron chi connectivity index (χ4n) is 3.66. The summed E-state index contributed by atoms with van der Waals surface area (Å²) in [6.07, 6.45) is 1.12. The van der Waals surface area contributed by atoms with Crippen LogP contribution in [-0.2, 0) is 15.9 Å². The molecule has 2 heterocycles. The van der Waals surface area contributed by atoms with Gasteiger partial charge >= 0.3 is 7.12 Å². The number of rotatable bonds is 3. The average Bonchev–Trinajstić information content (AvgIpc) is 2.99. The molecule has 0 N–H and O–H groups in total. The van der Waals surface area contributed by atoms with Gasteiger partial charge in [0.25, 0.3) is 0 Å². The van der Waals surface area contributed by atoms with Gasteiger partial charge in [0, 0.05) is 28.4 Å². The van der Waals surface area contributed by atoms with Crippen LogP contribution in [0.15, 0.2) is 42.5 Å². The van der Waals surface area contributed by atoms with Crippen LogP contribution in [0.2, 0.25) is 0 Å². The molecule has 3 nitrogen and oxygen atoms in total. The summed E-state index contributed by atoms with van der Waals surface area (Å²) < 4.78 is 14.9. The first-order chi connectivity index (χ1) is 11.8. The zero-order chi connectivity index (χ0) is 17.8. The van der Waals surface area contributed by atoms with Crippen LogP contribution in [0.3, 0.4) is 0 Å². The quantitative estimate of drug-likeness (QED) is 0.658. The Kier molecular flexibility index (Phi) is 3.75. The molecular formula is C21H26BNO2. The van der Waals surface area contributed by atoms with Crippen molar-refractivity contribution in [2.75, 3.05) is 0 Å². The predicted molar refractivity (Wildman–Crippen MR) is 105 cm³/mol. The average molecular weight is 335 g/mol. The Morgan fingerprint density at radius 1 is 0.880 bits per heavy atom. The van der Waals surface area contributed by atoms with Crippen molar-refractivity contribution < 1.29 is 9.31 Å². The second-order valence-corrected chi connectivity index (χ2v) is 8.03. The van der Waals surface area contributed by atoms with Crippen LogP contribution in [0, 0.1) is 0 Å². The molecule has 0 radical (unpaired) electrons. The van der Waals surface area contributed by atoms with Gasteiger partial charge in [0.15, 0.2) is 0 Å². The van der Waals surface area contributed by atoms with E-state index in [1.54, 1.807) is 0 Å². The van der Waals surface area contributed by atoms with E-state index in [-0.39, 0.29) is 18.3 Å². The van der Waals surface area contributed by atoms with E-state index in [9.17, 15) is 0 Å². The first kappa shape index (κ1) is 16.7. The SMILES string of the molecule is CCCn1c2ccccc2c2cc(B3OC(C)(C)C(C)(C)O3)ccc21. The molecule has 25 heavy (non-hydrogen) atoms. The summed E-state index contributed by atoms with van der Waals surface area (Å²) in [5.74, 6) is 0. The van der Waals surface area contributed by atoms with Gasteiger partial charge in [-0.3, -0.25) is 0 Å². The molecule has 0 atom stereocenters. The lowest BCUT2D eigenvalue weighted by Crippen LogP contribution is -2.41. The fraction of sp³-hybridized carbons (Fsp3) is 0.429. The highest BCUT2D eigenvalue weighted by Crippen LogP contribution is 2.37. The summed E-state index contributed by atoms with van der Waals surface area (Å²) in [5, 5.41) is 2.57. The van der Waals surface area contributed by atoms with Crippen LogP contribution in [0.5, 0.6) is 0 Å². The molecule has 0 amide bonds. The molecule has 2 aromatic carbocycles. The van der Waals surface area contributed by atoms with Gasteiger partial charge < -0.3 is 13.9 Å². The summed E-state index contributed by atoms with van der Waals surface area (Å²) in [5.41, 5.74) is 3.03. The first-order valence-corrected chi connectivity index (χ1v) is 9.20. The summed E-state index contributed by atoms with van der Waals surface area (Å²) in [6.45, 7) is 11.6. The number of nitrogens with zero attached hydrogens (tertiary/aromatic N) is 1. The minimum absolute atomic E-state index is 0.317. The Bertz CT molecular complexity index is 926. The number of aromatic nitrogens is 1. The van der Waals surface area contributed by atoms with Gasteiger partial charge in [-0.2, -0.15) is 0 Å². The Labute approximate surface area is 150 Å². The van der Waals surface area contributed by atoms with E-state index in [1.807, 2.05) is 0 Å². The zero-order valence-corrected chi connectivity index (χ0v) is 15.8. The normalized spacial score (nSPS) is 19.2. The lowest BCUT2D eigenvalue weighted by atomic mass is 9.78. The van der Waals surface area contributed by atoms with Gasteiger partial charge in [0.2, 0.25) is 0 Å². The van der Waals surface area contributed by atoms with Crippen molar-refractivity contribution in [1.29, 1.82) is 0 Å². The first-order valence-electron chi connectivity index (χ1n) is 9.20. The number of para-hydroxylation sites is 1. The highest BCUT2D eigenvalue weighted by molar-refractivity contribution is 6.62. The highest BCUT2D eigenvalue weighted by Gasteiger charge is 2.51. The number of benzene rings is 2. The third-order valence-corrected chi connectivity index (χ3v) is 5.77. The summed E-state index contributed by atoms with van der Waals surface area (Å²) in [7, 11) is -0.317. The topological polar surface area (TPSA) is 23.4 Å². The molecule has 1 fully saturated rings. The zero-order valence-electron chi connectivity index (χ0n) is 15.8. The van der Waals surface area contributed by atoms with E-state index in [1.165, 1.54) is 21.8 Å². The van der Waals surface area contributed by atoms with Crippen LogP contribution in [0.4, 0.5) is 0 Å². The van der Waals surface area contributed by atoms with Crippen LogP contribution in [-0.4, -0.2) is 22.9 Å². The van der Waals surface area contributed by atoms with E-state index in [4.69, 9.17) is 9.31 Å². The van der Waals surface area contributed by atoms with Crippen molar-refractivity contribution in [3.63, 3.8) is 0 Å². The van der Waals surface area contributed by atoms with Crippen molar-refractivity contribution in [1.82, 2.24) is 4.57 Å². The molecule has 1 saturated heterocycles. The van der Waals surface area contributed by atoms with Crippen LogP contribution in [0.1, 0.15) is 41.0 Å². The largest absolute Gasteiger partial charge is 0.494 e. The van der Waals surface area contributed by atoms with Crippen molar-refractivity contribution in [3.8, 4) is 0 Å². The van der Waals surface area contributed by atoms with E-state index in [0.29, 0.717) is 0 Å². The molecule has 0 saturated carbocycles. The van der Waals surface area contributed by atoms with E-state index in [0.717, 1.165) is 18.4 Å². The van der Waals surface area contributed by atoms with Crippen molar-refractivity contribution in [3.05, 3.63) is 42.5 Å². The molecule has 0 bridgehead atoms. The third-order valence-electron chi connectivity index (χ3n) is 5.77. The summed E-state index contributed by atoms with van der Waals surface area (Å²) in [6, 6.07) is 15.2. The van der Waals surface area contributed by atoms with E-state index < -0.39 is 0 Å². The van der Waals surface area contributed by atoms with E-state index >= 15 is 0 Å². The lowest BCUT2D eigenvalue weighted by Gasteiger charge is -2.32. The molecule has 1 aliphatic rings. The van der Waals surface area contributed by atoms with Crippen LogP contribution < -0.4 is 5.46 Å². The molecule has 0 unspecified atom stereocenters. The third kappa shape index (κ3) is 2.51. The van der Waals surface area contributed by atoms with Crippen LogP contribution >= 0.6 is 0 Å². The lowest BCUT2D eigenvalue weighted by molar-refractivity contribution is 0.00578. The highest BCUT2D eigenvalue weighted by atomic mass is 16.7. The fourth-order valence-corrected chi connectivity index (χ4v) is 3.66. The Morgan fingerprint density at radius 2 is 1.52 bits per heavy atom. The van der Waals surface area contributed by atoms with E-state index in [2.05, 4.69) is 81.7 Å². The number of fused-ring (bicyclic) bond motifs is 3. The molecule has 4 rings (SSSR count).